The smallest absolute Gasteiger partial charge is 0.410 e. The van der Waals surface area contributed by atoms with E-state index in [2.05, 4.69) is 31.2 Å². The predicted octanol–water partition coefficient (Wildman–Crippen LogP) is 4.13. The van der Waals surface area contributed by atoms with Gasteiger partial charge in [0.15, 0.2) is 17.2 Å². The van der Waals surface area contributed by atoms with Gasteiger partial charge in [-0.3, -0.25) is 4.40 Å². The number of nitrogens with zero attached hydrogens (tertiary/aromatic N) is 4. The maximum Gasteiger partial charge on any atom is 0.410 e. The van der Waals surface area contributed by atoms with E-state index in [9.17, 15) is 9.59 Å². The van der Waals surface area contributed by atoms with Crippen LogP contribution in [0.4, 0.5) is 15.0 Å². The zero-order chi connectivity index (χ0) is 23.7. The van der Waals surface area contributed by atoms with E-state index in [1.165, 1.54) is 4.90 Å². The first kappa shape index (κ1) is 24.2. The van der Waals surface area contributed by atoms with Crippen molar-refractivity contribution < 1.29 is 23.5 Å². The van der Waals surface area contributed by atoms with Crippen molar-refractivity contribution in [2.45, 2.75) is 58.7 Å². The number of ether oxygens (including phenoxy) is 2. The van der Waals surface area contributed by atoms with Crippen molar-refractivity contribution in [3.63, 3.8) is 0 Å². The Morgan fingerprint density at radius 3 is 2.53 bits per heavy atom. The molecule has 1 N–H and O–H groups in total. The summed E-state index contributed by atoms with van der Waals surface area (Å²) in [5.74, 6) is -0.170. The second-order valence-corrected chi connectivity index (χ2v) is 9.66. The van der Waals surface area contributed by atoms with Gasteiger partial charge in [0.1, 0.15) is 15.9 Å². The summed E-state index contributed by atoms with van der Waals surface area (Å²) < 4.78 is 28.1. The fourth-order valence-electron chi connectivity index (χ4n) is 3.48. The first-order valence-electron chi connectivity index (χ1n) is 10.6. The SMILES string of the molecule is CCOC(=O)c1nc2c(NCC3(F)CCN(C(=O)OC(C)(C)C)CC3)nc(Br)cn2c1C. The molecule has 1 saturated heterocycles. The Balaban J connectivity index is 1.72. The molecule has 1 fully saturated rings. The molecule has 0 spiro atoms. The Hall–Kier alpha value is -2.43. The molecule has 3 rings (SSSR count). The number of carbonyl (C=O) groups is 2. The summed E-state index contributed by atoms with van der Waals surface area (Å²) in [5.41, 5.74) is -0.916. The lowest BCUT2D eigenvalue weighted by Crippen LogP contribution is -2.48. The molecule has 0 unspecified atom stereocenters. The van der Waals surface area contributed by atoms with Crippen LogP contribution in [0.2, 0.25) is 0 Å². The van der Waals surface area contributed by atoms with Gasteiger partial charge in [-0.25, -0.2) is 23.9 Å². The number of fused-ring (bicyclic) bond motifs is 1. The molecular formula is C21H29BrFN5O4. The van der Waals surface area contributed by atoms with Crippen LogP contribution in [0.5, 0.6) is 0 Å². The summed E-state index contributed by atoms with van der Waals surface area (Å²) in [5, 5.41) is 3.05. The lowest BCUT2D eigenvalue weighted by Gasteiger charge is -2.37. The number of aromatic nitrogens is 3. The number of rotatable bonds is 5. The molecule has 2 aromatic rings. The second-order valence-electron chi connectivity index (χ2n) is 8.84. The Morgan fingerprint density at radius 1 is 1.28 bits per heavy atom. The minimum atomic E-state index is -1.52. The van der Waals surface area contributed by atoms with E-state index < -0.39 is 23.3 Å². The third kappa shape index (κ3) is 5.48. The van der Waals surface area contributed by atoms with Crippen molar-refractivity contribution in [2.24, 2.45) is 0 Å². The lowest BCUT2D eigenvalue weighted by molar-refractivity contribution is 0.00572. The quantitative estimate of drug-likeness (QED) is 0.600. The van der Waals surface area contributed by atoms with E-state index in [-0.39, 0.29) is 44.8 Å². The van der Waals surface area contributed by atoms with Gasteiger partial charge in [-0.05, 0) is 50.5 Å². The van der Waals surface area contributed by atoms with Crippen molar-refractivity contribution >= 4 is 39.5 Å². The number of hydrogen-bond acceptors (Lipinski definition) is 7. The highest BCUT2D eigenvalue weighted by Gasteiger charge is 2.37. The third-order valence-electron chi connectivity index (χ3n) is 5.17. The van der Waals surface area contributed by atoms with Crippen LogP contribution in [0.1, 0.15) is 56.7 Å². The van der Waals surface area contributed by atoms with Crippen molar-refractivity contribution in [1.82, 2.24) is 19.3 Å². The van der Waals surface area contributed by atoms with Gasteiger partial charge in [0.25, 0.3) is 0 Å². The van der Waals surface area contributed by atoms with E-state index in [0.717, 1.165) is 0 Å². The first-order chi connectivity index (χ1) is 14.9. The Kier molecular flexibility index (Phi) is 6.97. The van der Waals surface area contributed by atoms with Crippen molar-refractivity contribution in [3.05, 3.63) is 22.2 Å². The number of nitrogens with one attached hydrogen (secondary N) is 1. The Bertz CT molecular complexity index is 1010. The molecule has 1 aliphatic rings. The molecule has 0 atom stereocenters. The van der Waals surface area contributed by atoms with Crippen molar-refractivity contribution in [2.75, 3.05) is 31.6 Å². The van der Waals surface area contributed by atoms with Crippen LogP contribution >= 0.6 is 15.9 Å². The van der Waals surface area contributed by atoms with Gasteiger partial charge in [0.05, 0.1) is 18.8 Å². The van der Waals surface area contributed by atoms with Crippen LogP contribution in [0.3, 0.4) is 0 Å². The zero-order valence-electron chi connectivity index (χ0n) is 19.0. The number of esters is 1. The normalized spacial score (nSPS) is 16.2. The molecule has 1 aliphatic heterocycles. The first-order valence-corrected chi connectivity index (χ1v) is 11.3. The number of hydrogen-bond donors (Lipinski definition) is 1. The van der Waals surface area contributed by atoms with Crippen molar-refractivity contribution in [1.29, 1.82) is 0 Å². The minimum absolute atomic E-state index is 0.00504. The summed E-state index contributed by atoms with van der Waals surface area (Å²) in [6.07, 6.45) is 1.61. The highest BCUT2D eigenvalue weighted by molar-refractivity contribution is 9.10. The molecule has 9 nitrogen and oxygen atoms in total. The second kappa shape index (κ2) is 9.21. The van der Waals surface area contributed by atoms with Gasteiger partial charge in [0, 0.05) is 32.1 Å². The molecule has 3 heterocycles. The summed E-state index contributed by atoms with van der Waals surface area (Å²) in [7, 11) is 0. The maximum absolute atomic E-state index is 15.5. The highest BCUT2D eigenvalue weighted by atomic mass is 79.9. The van der Waals surface area contributed by atoms with Crippen LogP contribution in [-0.2, 0) is 9.47 Å². The molecule has 0 radical (unpaired) electrons. The molecular weight excluding hydrogens is 485 g/mol. The van der Waals surface area contributed by atoms with Gasteiger partial charge in [-0.15, -0.1) is 0 Å². The van der Waals surface area contributed by atoms with Gasteiger partial charge >= 0.3 is 12.1 Å². The third-order valence-corrected chi connectivity index (χ3v) is 5.55. The average Bonchev–Trinajstić information content (AvgIpc) is 3.02. The monoisotopic (exact) mass is 513 g/mol. The van der Waals surface area contributed by atoms with E-state index >= 15 is 4.39 Å². The summed E-state index contributed by atoms with van der Waals surface area (Å²) in [6, 6.07) is 0. The molecule has 0 aromatic carbocycles. The van der Waals surface area contributed by atoms with Gasteiger partial charge in [0.2, 0.25) is 0 Å². The summed E-state index contributed by atoms with van der Waals surface area (Å²) in [6.45, 7) is 9.65. The predicted molar refractivity (Wildman–Crippen MR) is 121 cm³/mol. The molecule has 176 valence electrons. The fraction of sp³-hybridized carbons (Fsp3) is 0.619. The number of halogens is 2. The number of likely N-dealkylation sites (tertiary alicyclic amines) is 1. The molecule has 0 bridgehead atoms. The number of anilines is 1. The maximum atomic E-state index is 15.5. The van der Waals surface area contributed by atoms with Crippen LogP contribution in [0, 0.1) is 6.92 Å². The molecule has 0 saturated carbocycles. The Morgan fingerprint density at radius 2 is 1.94 bits per heavy atom. The number of imidazole rings is 1. The average molecular weight is 514 g/mol. The number of amides is 1. The van der Waals surface area contributed by atoms with E-state index in [1.807, 2.05) is 0 Å². The van der Waals surface area contributed by atoms with Crippen molar-refractivity contribution in [3.8, 4) is 0 Å². The van der Waals surface area contributed by atoms with Crippen LogP contribution in [0.15, 0.2) is 10.8 Å². The molecule has 0 aliphatic carbocycles. The van der Waals surface area contributed by atoms with Crippen LogP contribution in [0.25, 0.3) is 5.65 Å². The number of aryl methyl sites for hydroxylation is 1. The summed E-state index contributed by atoms with van der Waals surface area (Å²) in [4.78, 5) is 34.7. The van der Waals surface area contributed by atoms with E-state index in [4.69, 9.17) is 9.47 Å². The fourth-order valence-corrected chi connectivity index (χ4v) is 3.86. The largest absolute Gasteiger partial charge is 0.461 e. The molecule has 32 heavy (non-hydrogen) atoms. The van der Waals surface area contributed by atoms with E-state index in [1.54, 1.807) is 45.2 Å². The lowest BCUT2D eigenvalue weighted by atomic mass is 9.93. The standard InChI is InChI=1S/C21H29BrFN5O4/c1-6-31-18(29)15-13(2)28-11-14(22)25-16(17(28)26-15)24-12-21(23)7-9-27(10-8-21)19(30)32-20(3,4)5/h11H,6-10,12H2,1-5H3,(H,24,25). The van der Waals surface area contributed by atoms with Gasteiger partial charge in [-0.1, -0.05) is 0 Å². The topological polar surface area (TPSA) is 98.1 Å². The highest BCUT2D eigenvalue weighted by Crippen LogP contribution is 2.29. The van der Waals surface area contributed by atoms with Crippen LogP contribution in [-0.4, -0.2) is 68.8 Å². The number of alkyl halides is 1. The van der Waals surface area contributed by atoms with Gasteiger partial charge in [-0.2, -0.15) is 0 Å². The van der Waals surface area contributed by atoms with Crippen LogP contribution < -0.4 is 5.32 Å². The van der Waals surface area contributed by atoms with Gasteiger partial charge < -0.3 is 19.7 Å². The number of carbonyl (C=O) groups excluding carboxylic acids is 2. The Labute approximate surface area is 194 Å². The minimum Gasteiger partial charge on any atom is -0.461 e. The van der Waals surface area contributed by atoms with E-state index in [0.29, 0.717) is 21.8 Å². The summed E-state index contributed by atoms with van der Waals surface area (Å²) >= 11 is 3.35. The zero-order valence-corrected chi connectivity index (χ0v) is 20.6. The molecule has 11 heteroatoms. The number of piperidine rings is 1. The molecule has 1 amide bonds. The molecule has 2 aromatic heterocycles.